The highest BCUT2D eigenvalue weighted by molar-refractivity contribution is 6.46. The predicted octanol–water partition coefficient (Wildman–Crippen LogP) is 5.12. The quantitative estimate of drug-likeness (QED) is 0.474. The van der Waals surface area contributed by atoms with Crippen LogP contribution in [0.4, 0.5) is 5.69 Å². The maximum atomic E-state index is 6.78. The molecule has 0 saturated carbocycles. The number of anilines is 1. The fourth-order valence-electron chi connectivity index (χ4n) is 4.22. The Labute approximate surface area is 183 Å². The minimum atomic E-state index is 0.521. The normalized spacial score (nSPS) is 14.4. The lowest BCUT2D eigenvalue weighted by Crippen LogP contribution is -2.29. The van der Waals surface area contributed by atoms with Crippen LogP contribution in [-0.4, -0.2) is 45.4 Å². The monoisotopic (exact) mass is 442 g/mol. The Morgan fingerprint density at radius 2 is 1.90 bits per heavy atom. The molecule has 1 aliphatic heterocycles. The van der Waals surface area contributed by atoms with Crippen LogP contribution in [0.15, 0.2) is 36.4 Å². The zero-order valence-corrected chi connectivity index (χ0v) is 17.9. The molecule has 0 amide bonds. The van der Waals surface area contributed by atoms with E-state index in [4.69, 9.17) is 27.9 Å². The molecule has 30 heavy (non-hydrogen) atoms. The summed E-state index contributed by atoms with van der Waals surface area (Å²) in [5.74, 6) is 1.33. The zero-order chi connectivity index (χ0) is 20.7. The third-order valence-electron chi connectivity index (χ3n) is 5.55. The summed E-state index contributed by atoms with van der Waals surface area (Å²) < 4.78 is 7.58. The second kappa shape index (κ2) is 7.81. The number of hydrogen-bond acceptors (Lipinski definition) is 5. The number of benzene rings is 2. The zero-order valence-electron chi connectivity index (χ0n) is 16.4. The van der Waals surface area contributed by atoms with Crippen molar-refractivity contribution >= 4 is 39.8 Å². The smallest absolute Gasteiger partial charge is 0.198 e. The van der Waals surface area contributed by atoms with Crippen molar-refractivity contribution in [2.75, 3.05) is 25.1 Å². The van der Waals surface area contributed by atoms with Crippen LogP contribution in [-0.2, 0) is 0 Å². The molecule has 2 aromatic heterocycles. The summed E-state index contributed by atoms with van der Waals surface area (Å²) in [6.07, 6.45) is 3.47. The summed E-state index contributed by atoms with van der Waals surface area (Å²) >= 11 is 13.2. The van der Waals surface area contributed by atoms with Crippen LogP contribution in [0.3, 0.4) is 0 Å². The Kier molecular flexibility index (Phi) is 5.00. The summed E-state index contributed by atoms with van der Waals surface area (Å²) in [6.45, 7) is 1.88. The van der Waals surface area contributed by atoms with E-state index in [1.807, 2.05) is 36.4 Å². The van der Waals surface area contributed by atoms with Crippen molar-refractivity contribution in [3.63, 3.8) is 0 Å². The molecular formula is C21H20Cl2N6O. The first-order valence-electron chi connectivity index (χ1n) is 9.85. The van der Waals surface area contributed by atoms with E-state index in [0.29, 0.717) is 15.9 Å². The van der Waals surface area contributed by atoms with E-state index in [0.717, 1.165) is 59.7 Å². The van der Waals surface area contributed by atoms with Crippen molar-refractivity contribution in [1.29, 1.82) is 0 Å². The van der Waals surface area contributed by atoms with Gasteiger partial charge in [-0.15, -0.1) is 5.10 Å². The van der Waals surface area contributed by atoms with Crippen molar-refractivity contribution in [1.82, 2.24) is 25.2 Å². The van der Waals surface area contributed by atoms with E-state index in [2.05, 4.69) is 30.1 Å². The van der Waals surface area contributed by atoms with Crippen LogP contribution < -0.4 is 9.64 Å². The number of halogens is 2. The van der Waals surface area contributed by atoms with Gasteiger partial charge in [0.15, 0.2) is 5.82 Å². The van der Waals surface area contributed by atoms with Gasteiger partial charge in [0, 0.05) is 24.5 Å². The Bertz CT molecular complexity index is 1200. The van der Waals surface area contributed by atoms with Gasteiger partial charge in [-0.2, -0.15) is 0 Å². The van der Waals surface area contributed by atoms with E-state index in [-0.39, 0.29) is 0 Å². The van der Waals surface area contributed by atoms with Crippen LogP contribution in [0.5, 0.6) is 5.75 Å². The van der Waals surface area contributed by atoms with E-state index in [1.54, 1.807) is 7.11 Å². The Hall–Kier alpha value is -2.77. The number of nitrogens with zero attached hydrogens (tertiary/aromatic N) is 5. The fraction of sp³-hybridized carbons (Fsp3) is 0.286. The minimum absolute atomic E-state index is 0.521. The molecule has 9 heteroatoms. The standard InChI is InChI=1S/C21H20Cl2N6O/c1-30-14-7-5-6-13(12-14)29-16-9-8-15(22)18(23)17(16)19(28-10-3-2-4-11-28)20(29)21-24-26-27-25-21/h5-9,12H,2-4,10-11H2,1H3,(H,24,25,26,27). The topological polar surface area (TPSA) is 71.9 Å². The van der Waals surface area contributed by atoms with Crippen LogP contribution in [0.1, 0.15) is 19.3 Å². The van der Waals surface area contributed by atoms with Crippen molar-refractivity contribution in [2.24, 2.45) is 0 Å². The molecule has 7 nitrogen and oxygen atoms in total. The van der Waals surface area contributed by atoms with Gasteiger partial charge in [0.1, 0.15) is 11.4 Å². The predicted molar refractivity (Wildman–Crippen MR) is 119 cm³/mol. The maximum absolute atomic E-state index is 6.78. The highest BCUT2D eigenvalue weighted by Gasteiger charge is 2.29. The highest BCUT2D eigenvalue weighted by Crippen LogP contribution is 2.47. The van der Waals surface area contributed by atoms with E-state index < -0.39 is 0 Å². The average molecular weight is 443 g/mol. The van der Waals surface area contributed by atoms with Crippen LogP contribution in [0, 0.1) is 0 Å². The largest absolute Gasteiger partial charge is 0.497 e. The van der Waals surface area contributed by atoms with Gasteiger partial charge in [-0.1, -0.05) is 29.3 Å². The van der Waals surface area contributed by atoms with Gasteiger partial charge in [0.05, 0.1) is 34.0 Å². The number of hydrogen-bond donors (Lipinski definition) is 1. The number of rotatable bonds is 4. The van der Waals surface area contributed by atoms with Gasteiger partial charge >= 0.3 is 0 Å². The number of aromatic amines is 1. The van der Waals surface area contributed by atoms with Gasteiger partial charge in [-0.05, 0) is 54.0 Å². The third kappa shape index (κ3) is 3.09. The molecule has 0 bridgehead atoms. The summed E-state index contributed by atoms with van der Waals surface area (Å²) in [4.78, 5) is 2.36. The molecule has 0 atom stereocenters. The number of nitrogens with one attached hydrogen (secondary N) is 1. The molecule has 0 unspecified atom stereocenters. The summed E-state index contributed by atoms with van der Waals surface area (Å²) in [7, 11) is 1.66. The van der Waals surface area contributed by atoms with Crippen LogP contribution in [0.2, 0.25) is 10.0 Å². The first kappa shape index (κ1) is 19.2. The molecule has 154 valence electrons. The second-order valence-electron chi connectivity index (χ2n) is 7.29. The Morgan fingerprint density at radius 1 is 1.07 bits per heavy atom. The molecule has 3 heterocycles. The molecule has 1 fully saturated rings. The Morgan fingerprint density at radius 3 is 2.63 bits per heavy atom. The van der Waals surface area contributed by atoms with Gasteiger partial charge < -0.3 is 14.2 Å². The first-order chi connectivity index (χ1) is 14.7. The number of aromatic nitrogens is 5. The summed E-state index contributed by atoms with van der Waals surface area (Å²) in [6, 6.07) is 11.7. The Balaban J connectivity index is 1.91. The minimum Gasteiger partial charge on any atom is -0.497 e. The number of tetrazole rings is 1. The van der Waals surface area contributed by atoms with Gasteiger partial charge in [0.25, 0.3) is 0 Å². The summed E-state index contributed by atoms with van der Waals surface area (Å²) in [5, 5.41) is 16.8. The molecule has 0 aliphatic carbocycles. The average Bonchev–Trinajstić information content (AvgIpc) is 3.43. The van der Waals surface area contributed by atoms with Crippen LogP contribution >= 0.6 is 23.2 Å². The number of methoxy groups -OCH3 is 1. The molecule has 1 N–H and O–H groups in total. The lowest BCUT2D eigenvalue weighted by atomic mass is 10.1. The summed E-state index contributed by atoms with van der Waals surface area (Å²) in [5.41, 5.74) is 3.71. The lowest BCUT2D eigenvalue weighted by molar-refractivity contribution is 0.414. The van der Waals surface area contributed by atoms with Gasteiger partial charge in [-0.3, -0.25) is 0 Å². The first-order valence-corrected chi connectivity index (χ1v) is 10.6. The second-order valence-corrected chi connectivity index (χ2v) is 8.07. The van der Waals surface area contributed by atoms with Crippen molar-refractivity contribution < 1.29 is 4.74 Å². The molecular weight excluding hydrogens is 423 g/mol. The molecule has 4 aromatic rings. The lowest BCUT2D eigenvalue weighted by Gasteiger charge is -2.29. The molecule has 1 aliphatic rings. The van der Waals surface area contributed by atoms with E-state index in [9.17, 15) is 0 Å². The maximum Gasteiger partial charge on any atom is 0.198 e. The van der Waals surface area contributed by atoms with Crippen molar-refractivity contribution in [3.8, 4) is 23.0 Å². The molecule has 0 spiro atoms. The van der Waals surface area contributed by atoms with E-state index >= 15 is 0 Å². The highest BCUT2D eigenvalue weighted by atomic mass is 35.5. The SMILES string of the molecule is COc1cccc(-n2c(-c3nnn[nH]3)c(N3CCCCC3)c3c(Cl)c(Cl)ccc32)c1. The van der Waals surface area contributed by atoms with Crippen molar-refractivity contribution in [2.45, 2.75) is 19.3 Å². The van der Waals surface area contributed by atoms with Crippen molar-refractivity contribution in [3.05, 3.63) is 46.4 Å². The molecule has 2 aromatic carbocycles. The van der Waals surface area contributed by atoms with E-state index in [1.165, 1.54) is 6.42 Å². The van der Waals surface area contributed by atoms with Gasteiger partial charge in [0.2, 0.25) is 0 Å². The van der Waals surface area contributed by atoms with Gasteiger partial charge in [-0.25, -0.2) is 5.10 Å². The molecule has 1 saturated heterocycles. The van der Waals surface area contributed by atoms with Crippen LogP contribution in [0.25, 0.3) is 28.1 Å². The third-order valence-corrected chi connectivity index (χ3v) is 6.36. The molecule has 0 radical (unpaired) electrons. The number of fused-ring (bicyclic) bond motifs is 1. The fourth-order valence-corrected chi connectivity index (χ4v) is 4.62. The number of H-pyrrole nitrogens is 1. The number of ether oxygens (including phenoxy) is 1. The number of piperidine rings is 1. The molecule has 5 rings (SSSR count).